The zero-order valence-electron chi connectivity index (χ0n) is 10.4. The zero-order chi connectivity index (χ0) is 9.94. The Morgan fingerprint density at radius 1 is 0.643 bits per heavy atom. The Bertz CT molecular complexity index is 75.3. The first-order valence-electron chi connectivity index (χ1n) is 6.18. The van der Waals surface area contributed by atoms with E-state index in [1.165, 1.54) is 38.5 Å². The number of hydrogen-bond donors (Lipinski definition) is 0. The summed E-state index contributed by atoms with van der Waals surface area (Å²) >= 11 is -0.839. The number of unbranched alkanes of at least 4 members (excludes halogenated alkanes) is 3. The Labute approximate surface area is 115 Å². The van der Waals surface area contributed by atoms with Gasteiger partial charge < -0.3 is 0 Å². The average Bonchev–Trinajstić information content (AvgIpc) is 2.17. The van der Waals surface area contributed by atoms with Crippen LogP contribution in [0.2, 0.25) is 13.3 Å². The van der Waals surface area contributed by atoms with Crippen molar-refractivity contribution in [3.63, 3.8) is 0 Å². The molecule has 0 aliphatic rings. The maximum Gasteiger partial charge on any atom is 0 e. The minimum atomic E-state index is -0.839. The van der Waals surface area contributed by atoms with Crippen molar-refractivity contribution in [1.82, 2.24) is 0 Å². The SMILES string of the molecule is CCC[CH2][Sn]([CH2]CCC)[CH2]CCC.[Sn]. The van der Waals surface area contributed by atoms with E-state index < -0.39 is 19.8 Å². The summed E-state index contributed by atoms with van der Waals surface area (Å²) < 4.78 is 5.04. The predicted octanol–water partition coefficient (Wildman–Crippen LogP) is 4.50. The quantitative estimate of drug-likeness (QED) is 0.493. The first kappa shape index (κ1) is 18.0. The van der Waals surface area contributed by atoms with Gasteiger partial charge in [0.15, 0.2) is 0 Å². The van der Waals surface area contributed by atoms with Crippen molar-refractivity contribution < 1.29 is 0 Å². The van der Waals surface area contributed by atoms with E-state index in [0.29, 0.717) is 0 Å². The molecule has 0 nitrogen and oxygen atoms in total. The van der Waals surface area contributed by atoms with Gasteiger partial charge in [-0.2, -0.15) is 0 Å². The van der Waals surface area contributed by atoms with Crippen LogP contribution in [0.1, 0.15) is 59.3 Å². The van der Waals surface area contributed by atoms with E-state index in [4.69, 9.17) is 0 Å². The summed E-state index contributed by atoms with van der Waals surface area (Å²) in [6, 6.07) is 0. The molecule has 14 heavy (non-hydrogen) atoms. The summed E-state index contributed by atoms with van der Waals surface area (Å²) in [4.78, 5) is 0. The minimum absolute atomic E-state index is 0. The van der Waals surface area contributed by atoms with Crippen LogP contribution in [0.3, 0.4) is 0 Å². The first-order chi connectivity index (χ1) is 6.35. The van der Waals surface area contributed by atoms with Crippen LogP contribution in [0.15, 0.2) is 0 Å². The van der Waals surface area contributed by atoms with Gasteiger partial charge in [-0.05, 0) is 0 Å². The molecule has 0 amide bonds. The molecule has 0 saturated heterocycles. The molecule has 0 saturated carbocycles. The van der Waals surface area contributed by atoms with Gasteiger partial charge >= 0.3 is 92.4 Å². The first-order valence-corrected chi connectivity index (χ1v) is 12.2. The summed E-state index contributed by atoms with van der Waals surface area (Å²) in [5.74, 6) is 0. The largest absolute Gasteiger partial charge is 0 e. The van der Waals surface area contributed by atoms with Crippen molar-refractivity contribution in [3.8, 4) is 0 Å². The van der Waals surface area contributed by atoms with Crippen LogP contribution in [0.4, 0.5) is 0 Å². The fraction of sp³-hybridized carbons (Fsp3) is 1.00. The molecule has 2 heteroatoms. The molecule has 0 aromatic rings. The smallest absolute Gasteiger partial charge is 0 e. The fourth-order valence-corrected chi connectivity index (χ4v) is 11.1. The fourth-order valence-electron chi connectivity index (χ4n) is 1.66. The Hall–Kier alpha value is 1.60. The molecule has 0 unspecified atom stereocenters. The molecule has 0 aliphatic carbocycles. The Balaban J connectivity index is 0. The monoisotopic (exact) mass is 411 g/mol. The van der Waals surface area contributed by atoms with Crippen molar-refractivity contribution in [2.75, 3.05) is 0 Å². The van der Waals surface area contributed by atoms with Crippen LogP contribution in [-0.4, -0.2) is 43.7 Å². The van der Waals surface area contributed by atoms with E-state index in [1.807, 2.05) is 0 Å². The average molecular weight is 409 g/mol. The van der Waals surface area contributed by atoms with Gasteiger partial charge in [-0.15, -0.1) is 0 Å². The molecule has 0 atom stereocenters. The van der Waals surface area contributed by atoms with Gasteiger partial charge in [0.25, 0.3) is 0 Å². The predicted molar refractivity (Wildman–Crippen MR) is 70.7 cm³/mol. The summed E-state index contributed by atoms with van der Waals surface area (Å²) in [5.41, 5.74) is 0. The van der Waals surface area contributed by atoms with E-state index >= 15 is 0 Å². The molecule has 0 aliphatic heterocycles. The maximum absolute atomic E-state index is 2.33. The molecule has 0 aromatic carbocycles. The third kappa shape index (κ3) is 11.7. The van der Waals surface area contributed by atoms with Crippen molar-refractivity contribution in [1.29, 1.82) is 0 Å². The van der Waals surface area contributed by atoms with Gasteiger partial charge in [-0.1, -0.05) is 0 Å². The van der Waals surface area contributed by atoms with Crippen molar-refractivity contribution in [2.45, 2.75) is 72.6 Å². The molecule has 5 radical (unpaired) electrons. The second-order valence-corrected chi connectivity index (χ2v) is 12.6. The molecule has 0 heterocycles. The second-order valence-electron chi connectivity index (χ2n) is 4.06. The third-order valence-corrected chi connectivity index (χ3v) is 11.7. The Morgan fingerprint density at radius 3 is 1.14 bits per heavy atom. The molecule has 0 aromatic heterocycles. The van der Waals surface area contributed by atoms with Crippen LogP contribution >= 0.6 is 0 Å². The van der Waals surface area contributed by atoms with Crippen molar-refractivity contribution in [2.24, 2.45) is 0 Å². The molecule has 0 rings (SSSR count). The van der Waals surface area contributed by atoms with Crippen LogP contribution in [0.5, 0.6) is 0 Å². The van der Waals surface area contributed by atoms with Gasteiger partial charge in [0.05, 0.1) is 0 Å². The summed E-state index contributed by atoms with van der Waals surface area (Å²) in [7, 11) is 0. The van der Waals surface area contributed by atoms with Crippen LogP contribution in [0, 0.1) is 0 Å². The third-order valence-electron chi connectivity index (χ3n) is 2.65. The molecule has 0 fully saturated rings. The van der Waals surface area contributed by atoms with E-state index in [-0.39, 0.29) is 23.9 Å². The van der Waals surface area contributed by atoms with Crippen molar-refractivity contribution >= 4 is 43.7 Å². The Kier molecular flexibility index (Phi) is 18.7. The summed E-state index contributed by atoms with van der Waals surface area (Å²) in [6.07, 6.45) is 8.85. The standard InChI is InChI=1S/3C4H9.2Sn/c3*1-3-4-2;;/h3*1,3-4H2,2H3;;. The molecule has 0 bridgehead atoms. The number of hydrogen-bond acceptors (Lipinski definition) is 0. The summed E-state index contributed by atoms with van der Waals surface area (Å²) in [6.45, 7) is 7.00. The molecule has 0 N–H and O–H groups in total. The second kappa shape index (κ2) is 14.6. The zero-order valence-corrected chi connectivity index (χ0v) is 16.1. The van der Waals surface area contributed by atoms with Gasteiger partial charge in [0.1, 0.15) is 0 Å². The van der Waals surface area contributed by atoms with Gasteiger partial charge in [-0.25, -0.2) is 0 Å². The van der Waals surface area contributed by atoms with Crippen LogP contribution in [-0.2, 0) is 0 Å². The van der Waals surface area contributed by atoms with Gasteiger partial charge in [0, 0.05) is 23.9 Å². The van der Waals surface area contributed by atoms with Gasteiger partial charge in [0.2, 0.25) is 0 Å². The minimum Gasteiger partial charge on any atom is 0 e. The van der Waals surface area contributed by atoms with E-state index in [2.05, 4.69) is 20.8 Å². The Morgan fingerprint density at radius 2 is 0.929 bits per heavy atom. The van der Waals surface area contributed by atoms with E-state index in [1.54, 1.807) is 13.3 Å². The maximum atomic E-state index is 2.33. The molecular weight excluding hydrogens is 382 g/mol. The molecular formula is C12H27Sn2. The van der Waals surface area contributed by atoms with Crippen LogP contribution in [0.25, 0.3) is 0 Å². The topological polar surface area (TPSA) is 0 Å². The summed E-state index contributed by atoms with van der Waals surface area (Å²) in [5, 5.41) is 0. The van der Waals surface area contributed by atoms with Crippen molar-refractivity contribution in [3.05, 3.63) is 0 Å². The molecule has 0 spiro atoms. The number of rotatable bonds is 9. The van der Waals surface area contributed by atoms with Crippen LogP contribution < -0.4 is 0 Å². The van der Waals surface area contributed by atoms with Gasteiger partial charge in [-0.3, -0.25) is 0 Å². The van der Waals surface area contributed by atoms with E-state index in [0.717, 1.165) is 0 Å². The van der Waals surface area contributed by atoms with E-state index in [9.17, 15) is 0 Å². The molecule has 83 valence electrons. The normalized spacial score (nSPS) is 10.3.